The molecule has 20 heavy (non-hydrogen) atoms. The third kappa shape index (κ3) is 4.06. The van der Waals surface area contributed by atoms with Gasteiger partial charge in [0.25, 0.3) is 0 Å². The van der Waals surface area contributed by atoms with Crippen LogP contribution in [0.25, 0.3) is 0 Å². The molecule has 0 fully saturated rings. The van der Waals surface area contributed by atoms with Crippen molar-refractivity contribution in [1.29, 1.82) is 0 Å². The van der Waals surface area contributed by atoms with Crippen LogP contribution in [0.4, 0.5) is 0 Å². The molecule has 1 aromatic rings. The van der Waals surface area contributed by atoms with Gasteiger partial charge in [-0.15, -0.1) is 0 Å². The largest absolute Gasteiger partial charge is 0.487 e. The quantitative estimate of drug-likeness (QED) is 0.877. The summed E-state index contributed by atoms with van der Waals surface area (Å²) in [5, 5.41) is 3.50. The molecule has 0 radical (unpaired) electrons. The van der Waals surface area contributed by atoms with Crippen LogP contribution in [-0.2, 0) is 23.8 Å². The van der Waals surface area contributed by atoms with Crippen molar-refractivity contribution in [3.63, 3.8) is 0 Å². The Morgan fingerprint density at radius 3 is 2.90 bits per heavy atom. The molecule has 3 nitrogen and oxygen atoms in total. The highest BCUT2D eigenvalue weighted by Gasteiger charge is 2.31. The number of fused-ring (bicyclic) bond motifs is 1. The summed E-state index contributed by atoms with van der Waals surface area (Å²) in [6.07, 6.45) is 3.66. The van der Waals surface area contributed by atoms with Crippen LogP contribution in [0.2, 0.25) is 0 Å². The van der Waals surface area contributed by atoms with E-state index in [4.69, 9.17) is 4.74 Å². The molecule has 2 rings (SSSR count). The molecule has 0 bridgehead atoms. The lowest BCUT2D eigenvalue weighted by molar-refractivity contribution is 0.137. The lowest BCUT2D eigenvalue weighted by Crippen LogP contribution is -2.28. The van der Waals surface area contributed by atoms with Crippen LogP contribution in [-0.4, -0.2) is 27.9 Å². The van der Waals surface area contributed by atoms with Gasteiger partial charge in [-0.3, -0.25) is 4.21 Å². The van der Waals surface area contributed by atoms with Crippen molar-refractivity contribution in [2.24, 2.45) is 0 Å². The van der Waals surface area contributed by atoms with Gasteiger partial charge in [0.1, 0.15) is 11.4 Å². The summed E-state index contributed by atoms with van der Waals surface area (Å²) >= 11 is 0. The topological polar surface area (TPSA) is 38.3 Å². The highest BCUT2D eigenvalue weighted by Crippen LogP contribution is 2.37. The Morgan fingerprint density at radius 2 is 2.20 bits per heavy atom. The average Bonchev–Trinajstić information content (AvgIpc) is 2.68. The van der Waals surface area contributed by atoms with E-state index in [1.807, 2.05) is 0 Å². The Kier molecular flexibility index (Phi) is 4.86. The number of hydrogen-bond acceptors (Lipinski definition) is 3. The second-order valence-corrected chi connectivity index (χ2v) is 7.85. The molecular formula is C16H25NO2S. The van der Waals surface area contributed by atoms with E-state index in [9.17, 15) is 4.21 Å². The van der Waals surface area contributed by atoms with Crippen molar-refractivity contribution in [3.8, 4) is 5.75 Å². The number of para-hydroxylation sites is 1. The fourth-order valence-corrected chi connectivity index (χ4v) is 3.23. The summed E-state index contributed by atoms with van der Waals surface area (Å²) < 4.78 is 17.2. The molecule has 1 aliphatic heterocycles. The molecule has 0 saturated carbocycles. The predicted octanol–water partition coefficient (Wildman–Crippen LogP) is 2.65. The lowest BCUT2D eigenvalue weighted by Gasteiger charge is -2.19. The van der Waals surface area contributed by atoms with E-state index in [1.54, 1.807) is 6.26 Å². The Hall–Kier alpha value is -0.870. The number of ether oxygens (including phenoxy) is 1. The number of rotatable bonds is 6. The smallest absolute Gasteiger partial charge is 0.127 e. The number of hydrogen-bond donors (Lipinski definition) is 1. The predicted molar refractivity (Wildman–Crippen MR) is 84.7 cm³/mol. The van der Waals surface area contributed by atoms with Crippen molar-refractivity contribution >= 4 is 10.8 Å². The molecule has 4 heteroatoms. The lowest BCUT2D eigenvalue weighted by atomic mass is 10.0. The summed E-state index contributed by atoms with van der Waals surface area (Å²) in [4.78, 5) is 0. The van der Waals surface area contributed by atoms with Gasteiger partial charge in [0.15, 0.2) is 0 Å². The van der Waals surface area contributed by atoms with Gasteiger partial charge >= 0.3 is 0 Å². The SMILES string of the molecule is CC(CCS(C)=O)NCc1cccc2c1OC(C)(C)C2. The molecule has 112 valence electrons. The summed E-state index contributed by atoms with van der Waals surface area (Å²) in [7, 11) is -0.709. The summed E-state index contributed by atoms with van der Waals surface area (Å²) in [5.74, 6) is 1.81. The number of benzene rings is 1. The fourth-order valence-electron chi connectivity index (χ4n) is 2.55. The van der Waals surface area contributed by atoms with E-state index < -0.39 is 10.8 Å². The second-order valence-electron chi connectivity index (χ2n) is 6.29. The molecule has 2 atom stereocenters. The Morgan fingerprint density at radius 1 is 1.45 bits per heavy atom. The molecule has 2 unspecified atom stereocenters. The van der Waals surface area contributed by atoms with Gasteiger partial charge in [0.05, 0.1) is 0 Å². The maximum atomic E-state index is 11.1. The normalized spacial score (nSPS) is 19.2. The van der Waals surface area contributed by atoms with E-state index in [2.05, 4.69) is 44.3 Å². The zero-order chi connectivity index (χ0) is 14.8. The third-order valence-electron chi connectivity index (χ3n) is 3.65. The first-order chi connectivity index (χ1) is 9.37. The van der Waals surface area contributed by atoms with Crippen LogP contribution in [0.5, 0.6) is 5.75 Å². The Balaban J connectivity index is 1.95. The third-order valence-corrected chi connectivity index (χ3v) is 4.46. The van der Waals surface area contributed by atoms with Gasteiger partial charge in [-0.1, -0.05) is 18.2 Å². The summed E-state index contributed by atoms with van der Waals surface area (Å²) in [6.45, 7) is 7.20. The van der Waals surface area contributed by atoms with E-state index in [0.717, 1.165) is 30.9 Å². The Labute approximate surface area is 124 Å². The molecular weight excluding hydrogens is 270 g/mol. The summed E-state index contributed by atoms with van der Waals surface area (Å²) in [6, 6.07) is 6.74. The highest BCUT2D eigenvalue weighted by molar-refractivity contribution is 7.84. The molecule has 1 aliphatic rings. The molecule has 1 N–H and O–H groups in total. The van der Waals surface area contributed by atoms with E-state index >= 15 is 0 Å². The molecule has 0 saturated heterocycles. The first-order valence-electron chi connectivity index (χ1n) is 7.20. The van der Waals surface area contributed by atoms with Crippen molar-refractivity contribution < 1.29 is 8.95 Å². The average molecular weight is 295 g/mol. The van der Waals surface area contributed by atoms with Crippen molar-refractivity contribution in [3.05, 3.63) is 29.3 Å². The van der Waals surface area contributed by atoms with Crippen LogP contribution in [0, 0.1) is 0 Å². The van der Waals surface area contributed by atoms with Gasteiger partial charge < -0.3 is 10.1 Å². The highest BCUT2D eigenvalue weighted by atomic mass is 32.2. The first kappa shape index (κ1) is 15.5. The maximum absolute atomic E-state index is 11.1. The van der Waals surface area contributed by atoms with Crippen LogP contribution in [0.15, 0.2) is 18.2 Å². The number of nitrogens with one attached hydrogen (secondary N) is 1. The van der Waals surface area contributed by atoms with Crippen LogP contribution >= 0.6 is 0 Å². The first-order valence-corrected chi connectivity index (χ1v) is 8.93. The van der Waals surface area contributed by atoms with E-state index in [1.165, 1.54) is 11.1 Å². The van der Waals surface area contributed by atoms with E-state index in [0.29, 0.717) is 6.04 Å². The monoisotopic (exact) mass is 295 g/mol. The zero-order valence-corrected chi connectivity index (χ0v) is 13.7. The van der Waals surface area contributed by atoms with Gasteiger partial charge in [-0.25, -0.2) is 0 Å². The van der Waals surface area contributed by atoms with Crippen LogP contribution in [0.1, 0.15) is 38.3 Å². The minimum Gasteiger partial charge on any atom is -0.487 e. The van der Waals surface area contributed by atoms with Crippen LogP contribution in [0.3, 0.4) is 0 Å². The minimum absolute atomic E-state index is 0.0941. The van der Waals surface area contributed by atoms with Gasteiger partial charge in [0, 0.05) is 47.4 Å². The fraction of sp³-hybridized carbons (Fsp3) is 0.625. The van der Waals surface area contributed by atoms with Gasteiger partial charge in [-0.2, -0.15) is 0 Å². The van der Waals surface area contributed by atoms with Gasteiger partial charge in [0.2, 0.25) is 0 Å². The van der Waals surface area contributed by atoms with Crippen molar-refractivity contribution in [1.82, 2.24) is 5.32 Å². The molecule has 0 spiro atoms. The minimum atomic E-state index is -0.709. The molecule has 0 aliphatic carbocycles. The molecule has 0 amide bonds. The van der Waals surface area contributed by atoms with Gasteiger partial charge in [-0.05, 0) is 32.8 Å². The van der Waals surface area contributed by atoms with Crippen LogP contribution < -0.4 is 10.1 Å². The van der Waals surface area contributed by atoms with E-state index in [-0.39, 0.29) is 5.60 Å². The maximum Gasteiger partial charge on any atom is 0.127 e. The molecule has 1 aromatic carbocycles. The molecule has 0 aromatic heterocycles. The van der Waals surface area contributed by atoms with Crippen molar-refractivity contribution in [2.75, 3.05) is 12.0 Å². The standard InChI is InChI=1S/C16H25NO2S/c1-12(8-9-20(4)18)17-11-14-7-5-6-13-10-16(2,3)19-15(13)14/h5-7,12,17H,8-11H2,1-4H3. The molecule has 1 heterocycles. The zero-order valence-electron chi connectivity index (χ0n) is 12.9. The summed E-state index contributed by atoms with van der Waals surface area (Å²) in [5.41, 5.74) is 2.43. The van der Waals surface area contributed by atoms with Crippen molar-refractivity contribution in [2.45, 2.75) is 51.8 Å². The Bertz CT molecular complexity index is 499. The second kappa shape index (κ2) is 6.27.